The molecular formula is C44H50. The second kappa shape index (κ2) is 9.93. The molecule has 0 heterocycles. The molecule has 0 aromatic heterocycles. The average Bonchev–Trinajstić information content (AvgIpc) is 2.93. The molecular weight excluding hydrogens is 528 g/mol. The van der Waals surface area contributed by atoms with Crippen molar-refractivity contribution >= 4 is 43.1 Å². The first-order chi connectivity index (χ1) is 20.3. The van der Waals surface area contributed by atoms with Gasteiger partial charge in [0, 0.05) is 0 Å². The minimum absolute atomic E-state index is 0.0585. The molecule has 0 unspecified atom stereocenters. The van der Waals surface area contributed by atoms with Crippen LogP contribution in [0.25, 0.3) is 54.2 Å². The zero-order chi connectivity index (χ0) is 32.0. The highest BCUT2D eigenvalue weighted by Crippen LogP contribution is 2.44. The van der Waals surface area contributed by atoms with Crippen LogP contribution in [-0.2, 0) is 21.7 Å². The van der Waals surface area contributed by atoms with Gasteiger partial charge in [-0.1, -0.05) is 144 Å². The number of hydrogen-bond acceptors (Lipinski definition) is 0. The van der Waals surface area contributed by atoms with E-state index < -0.39 is 0 Å². The van der Waals surface area contributed by atoms with E-state index in [1.165, 1.54) is 76.5 Å². The van der Waals surface area contributed by atoms with Crippen molar-refractivity contribution in [1.82, 2.24) is 0 Å². The maximum absolute atomic E-state index is 2.48. The molecule has 0 fully saturated rings. The van der Waals surface area contributed by atoms with E-state index in [4.69, 9.17) is 0 Å². The Morgan fingerprint density at radius 3 is 0.841 bits per heavy atom. The van der Waals surface area contributed by atoms with Crippen molar-refractivity contribution in [1.29, 1.82) is 0 Å². The summed E-state index contributed by atoms with van der Waals surface area (Å²) in [6.07, 6.45) is 0. The standard InChI is InChI=1S/C44H50/c1-41(2,3)29-13-17-33-27(21-29)23-37(39-25-31(43(7,8)9)15-19-35(33)39)38-24-28-22-30(42(4,5)6)14-18-34(28)36-20-16-32(26-40(36)38)44(10,11)12/h13-26H,1-12H3. The van der Waals surface area contributed by atoms with Gasteiger partial charge in [-0.05, 0) is 122 Å². The molecule has 0 aliphatic carbocycles. The van der Waals surface area contributed by atoms with Crippen molar-refractivity contribution in [2.75, 3.05) is 0 Å². The number of hydrogen-bond donors (Lipinski definition) is 0. The van der Waals surface area contributed by atoms with Crippen LogP contribution in [0, 0.1) is 0 Å². The molecule has 0 nitrogen and oxygen atoms in total. The molecule has 226 valence electrons. The first-order valence-electron chi connectivity index (χ1n) is 16.4. The molecule has 0 radical (unpaired) electrons. The summed E-state index contributed by atoms with van der Waals surface area (Å²) in [5, 5.41) is 10.6. The number of benzene rings is 6. The minimum atomic E-state index is 0.0585. The van der Waals surface area contributed by atoms with Crippen LogP contribution < -0.4 is 0 Å². The largest absolute Gasteiger partial charge is 0.0578 e. The van der Waals surface area contributed by atoms with Crippen molar-refractivity contribution < 1.29 is 0 Å². The maximum atomic E-state index is 2.48. The van der Waals surface area contributed by atoms with Crippen LogP contribution in [-0.4, -0.2) is 0 Å². The fraction of sp³-hybridized carbons (Fsp3) is 0.364. The monoisotopic (exact) mass is 578 g/mol. The Balaban J connectivity index is 1.82. The lowest BCUT2D eigenvalue weighted by atomic mass is 9.80. The predicted octanol–water partition coefficient (Wildman–Crippen LogP) is 13.2. The zero-order valence-corrected chi connectivity index (χ0v) is 29.1. The van der Waals surface area contributed by atoms with Crippen molar-refractivity contribution in [2.24, 2.45) is 0 Å². The van der Waals surface area contributed by atoms with Gasteiger partial charge in [0.2, 0.25) is 0 Å². The highest BCUT2D eigenvalue weighted by Gasteiger charge is 2.22. The first kappa shape index (κ1) is 30.4. The van der Waals surface area contributed by atoms with E-state index in [9.17, 15) is 0 Å². The molecule has 0 saturated heterocycles. The van der Waals surface area contributed by atoms with Gasteiger partial charge in [-0.3, -0.25) is 0 Å². The predicted molar refractivity (Wildman–Crippen MR) is 197 cm³/mol. The first-order valence-corrected chi connectivity index (χ1v) is 16.4. The fourth-order valence-corrected chi connectivity index (χ4v) is 6.64. The third kappa shape index (κ3) is 5.32. The smallest absolute Gasteiger partial charge is 0.00925 e. The zero-order valence-electron chi connectivity index (χ0n) is 29.1. The van der Waals surface area contributed by atoms with Gasteiger partial charge < -0.3 is 0 Å². The molecule has 6 aromatic carbocycles. The molecule has 6 aromatic rings. The Morgan fingerprint density at radius 1 is 0.273 bits per heavy atom. The molecule has 0 amide bonds. The van der Waals surface area contributed by atoms with Gasteiger partial charge in [-0.25, -0.2) is 0 Å². The van der Waals surface area contributed by atoms with Crippen molar-refractivity contribution in [2.45, 2.75) is 105 Å². The summed E-state index contributed by atoms with van der Waals surface area (Å²) in [5.74, 6) is 0. The summed E-state index contributed by atoms with van der Waals surface area (Å²) in [7, 11) is 0. The van der Waals surface area contributed by atoms with Crippen LogP contribution in [0.4, 0.5) is 0 Å². The van der Waals surface area contributed by atoms with Gasteiger partial charge in [0.05, 0.1) is 0 Å². The Bertz CT molecular complexity index is 1920. The van der Waals surface area contributed by atoms with E-state index in [0.717, 1.165) is 0 Å². The Kier molecular flexibility index (Phi) is 6.86. The van der Waals surface area contributed by atoms with Gasteiger partial charge in [-0.15, -0.1) is 0 Å². The van der Waals surface area contributed by atoms with Crippen LogP contribution >= 0.6 is 0 Å². The molecule has 0 atom stereocenters. The van der Waals surface area contributed by atoms with Gasteiger partial charge in [0.15, 0.2) is 0 Å². The molecule has 44 heavy (non-hydrogen) atoms. The van der Waals surface area contributed by atoms with Crippen LogP contribution in [0.2, 0.25) is 0 Å². The van der Waals surface area contributed by atoms with Gasteiger partial charge >= 0.3 is 0 Å². The summed E-state index contributed by atoms with van der Waals surface area (Å²) in [5.41, 5.74) is 8.41. The highest BCUT2D eigenvalue weighted by atomic mass is 14.3. The number of fused-ring (bicyclic) bond motifs is 6. The van der Waals surface area contributed by atoms with E-state index in [1.54, 1.807) is 0 Å². The van der Waals surface area contributed by atoms with Crippen molar-refractivity contribution in [3.8, 4) is 11.1 Å². The Hall–Kier alpha value is -3.64. The van der Waals surface area contributed by atoms with E-state index in [0.29, 0.717) is 0 Å². The highest BCUT2D eigenvalue weighted by molar-refractivity contribution is 6.20. The van der Waals surface area contributed by atoms with Crippen LogP contribution in [0.1, 0.15) is 105 Å². The maximum Gasteiger partial charge on any atom is -0.00925 e. The topological polar surface area (TPSA) is 0 Å². The second-order valence-corrected chi connectivity index (χ2v) is 17.2. The Morgan fingerprint density at radius 2 is 0.545 bits per heavy atom. The average molecular weight is 579 g/mol. The lowest BCUT2D eigenvalue weighted by Gasteiger charge is -2.24. The molecule has 0 aliphatic heterocycles. The lowest BCUT2D eigenvalue weighted by molar-refractivity contribution is 0.590. The van der Waals surface area contributed by atoms with Crippen LogP contribution in [0.5, 0.6) is 0 Å². The van der Waals surface area contributed by atoms with E-state index in [-0.39, 0.29) is 21.7 Å². The molecule has 0 saturated carbocycles. The lowest BCUT2D eigenvalue weighted by Crippen LogP contribution is -2.11. The minimum Gasteiger partial charge on any atom is -0.0578 e. The van der Waals surface area contributed by atoms with E-state index in [1.807, 2.05) is 0 Å². The molecule has 0 heteroatoms. The van der Waals surface area contributed by atoms with E-state index >= 15 is 0 Å². The summed E-state index contributed by atoms with van der Waals surface area (Å²) < 4.78 is 0. The SMILES string of the molecule is CC(C)(C)c1ccc2c(c1)cc(-c1cc3cc(C(C)(C)C)ccc3c3ccc(C(C)(C)C)cc13)c1cc(C(C)(C)C)ccc12. The van der Waals surface area contributed by atoms with Gasteiger partial charge in [0.1, 0.15) is 0 Å². The second-order valence-electron chi connectivity index (χ2n) is 17.2. The summed E-state index contributed by atoms with van der Waals surface area (Å²) in [6.45, 7) is 27.8. The van der Waals surface area contributed by atoms with Gasteiger partial charge in [0.25, 0.3) is 0 Å². The molecule has 0 spiro atoms. The summed E-state index contributed by atoms with van der Waals surface area (Å²) >= 11 is 0. The molecule has 6 rings (SSSR count). The van der Waals surface area contributed by atoms with Crippen molar-refractivity contribution in [3.05, 3.63) is 107 Å². The summed E-state index contributed by atoms with van der Waals surface area (Å²) in [4.78, 5) is 0. The van der Waals surface area contributed by atoms with Crippen LogP contribution in [0.3, 0.4) is 0 Å². The van der Waals surface area contributed by atoms with Crippen LogP contribution in [0.15, 0.2) is 84.9 Å². The molecule has 0 N–H and O–H groups in total. The third-order valence-electron chi connectivity index (χ3n) is 9.66. The molecule has 0 bridgehead atoms. The Labute approximate surface area is 265 Å². The van der Waals surface area contributed by atoms with E-state index in [2.05, 4.69) is 168 Å². The van der Waals surface area contributed by atoms with Crippen molar-refractivity contribution in [3.63, 3.8) is 0 Å². The molecule has 0 aliphatic rings. The third-order valence-corrected chi connectivity index (χ3v) is 9.66. The fourth-order valence-electron chi connectivity index (χ4n) is 6.64. The summed E-state index contributed by atoms with van der Waals surface area (Å²) in [6, 6.07) is 33.6. The van der Waals surface area contributed by atoms with Gasteiger partial charge in [-0.2, -0.15) is 0 Å². The quantitative estimate of drug-likeness (QED) is 0.170. The normalized spacial score (nSPS) is 13.5. The number of rotatable bonds is 1.